The molecule has 106 valence electrons. The van der Waals surface area contributed by atoms with E-state index in [1.165, 1.54) is 12.1 Å². The zero-order valence-corrected chi connectivity index (χ0v) is 11.5. The van der Waals surface area contributed by atoms with Crippen LogP contribution in [0.4, 0.5) is 10.1 Å². The highest BCUT2D eigenvalue weighted by Gasteiger charge is 2.06. The van der Waals surface area contributed by atoms with Crippen molar-refractivity contribution < 1.29 is 9.13 Å². The molecule has 0 radical (unpaired) electrons. The van der Waals surface area contributed by atoms with Crippen molar-refractivity contribution in [3.05, 3.63) is 72.1 Å². The minimum Gasteiger partial charge on any atom is -0.489 e. The second kappa shape index (κ2) is 7.11. The molecule has 3 nitrogen and oxygen atoms in total. The Labute approximate surface area is 123 Å². The summed E-state index contributed by atoms with van der Waals surface area (Å²) in [6.45, 7) is 4.53. The van der Waals surface area contributed by atoms with Crippen LogP contribution in [0.5, 0.6) is 5.75 Å². The molecule has 0 bridgehead atoms. The maximum absolute atomic E-state index is 13.1. The fourth-order valence-corrected chi connectivity index (χ4v) is 1.89. The van der Waals surface area contributed by atoms with E-state index in [0.29, 0.717) is 18.8 Å². The molecule has 2 aromatic carbocycles. The number of nitrogens with zero attached hydrogens (tertiary/aromatic N) is 1. The molecule has 4 heteroatoms. The standard InChI is InChI=1S/C17H15FN2O/c1-2-9-21-17-6-4-3-5-13(17)12-20-16-8-7-15(18)10-14(16)11-19/h2-8,10,20H,1,9,12H2. The predicted molar refractivity (Wildman–Crippen MR) is 80.6 cm³/mol. The molecule has 0 unspecified atom stereocenters. The van der Waals surface area contributed by atoms with Crippen LogP contribution in [-0.2, 0) is 6.54 Å². The lowest BCUT2D eigenvalue weighted by molar-refractivity contribution is 0.359. The van der Waals surface area contributed by atoms with Crippen LogP contribution in [0, 0.1) is 17.1 Å². The molecule has 2 rings (SSSR count). The molecule has 0 saturated carbocycles. The summed E-state index contributed by atoms with van der Waals surface area (Å²) in [7, 11) is 0. The lowest BCUT2D eigenvalue weighted by atomic mass is 10.1. The van der Waals surface area contributed by atoms with Crippen LogP contribution in [0.25, 0.3) is 0 Å². The van der Waals surface area contributed by atoms with Crippen LogP contribution in [-0.4, -0.2) is 6.61 Å². The van der Waals surface area contributed by atoms with E-state index in [-0.39, 0.29) is 5.56 Å². The number of rotatable bonds is 6. The van der Waals surface area contributed by atoms with Gasteiger partial charge in [-0.05, 0) is 24.3 Å². The fourth-order valence-electron chi connectivity index (χ4n) is 1.89. The molecule has 0 aliphatic rings. The summed E-state index contributed by atoms with van der Waals surface area (Å²) in [5, 5.41) is 12.1. The van der Waals surface area contributed by atoms with Gasteiger partial charge in [-0.2, -0.15) is 5.26 Å². The third-order valence-corrected chi connectivity index (χ3v) is 2.90. The van der Waals surface area contributed by atoms with E-state index in [4.69, 9.17) is 10.00 Å². The summed E-state index contributed by atoms with van der Waals surface area (Å²) in [4.78, 5) is 0. The van der Waals surface area contributed by atoms with E-state index >= 15 is 0 Å². The second-order valence-corrected chi connectivity index (χ2v) is 4.36. The molecule has 1 N–H and O–H groups in total. The van der Waals surface area contributed by atoms with E-state index < -0.39 is 5.82 Å². The Hall–Kier alpha value is -2.80. The van der Waals surface area contributed by atoms with Crippen molar-refractivity contribution in [1.29, 1.82) is 5.26 Å². The normalized spacial score (nSPS) is 9.71. The number of anilines is 1. The Morgan fingerprint density at radius 2 is 2.10 bits per heavy atom. The van der Waals surface area contributed by atoms with Gasteiger partial charge in [0.1, 0.15) is 24.2 Å². The average Bonchev–Trinajstić information content (AvgIpc) is 2.52. The Morgan fingerprint density at radius 3 is 2.86 bits per heavy atom. The van der Waals surface area contributed by atoms with E-state index in [9.17, 15) is 4.39 Å². The van der Waals surface area contributed by atoms with E-state index in [2.05, 4.69) is 11.9 Å². The largest absolute Gasteiger partial charge is 0.489 e. The maximum Gasteiger partial charge on any atom is 0.124 e. The first kappa shape index (κ1) is 14.6. The smallest absolute Gasteiger partial charge is 0.124 e. The molecular weight excluding hydrogens is 267 g/mol. The van der Waals surface area contributed by atoms with Crippen molar-refractivity contribution in [3.8, 4) is 11.8 Å². The molecule has 0 saturated heterocycles. The lowest BCUT2D eigenvalue weighted by Gasteiger charge is -2.12. The number of benzene rings is 2. The van der Waals surface area contributed by atoms with Gasteiger partial charge in [0.15, 0.2) is 0 Å². The van der Waals surface area contributed by atoms with Gasteiger partial charge in [0.05, 0.1) is 11.3 Å². The molecule has 0 heterocycles. The highest BCUT2D eigenvalue weighted by molar-refractivity contribution is 5.57. The highest BCUT2D eigenvalue weighted by Crippen LogP contribution is 2.21. The number of nitriles is 1. The Balaban J connectivity index is 2.13. The van der Waals surface area contributed by atoms with Crippen LogP contribution < -0.4 is 10.1 Å². The fraction of sp³-hybridized carbons (Fsp3) is 0.118. The van der Waals surface area contributed by atoms with Gasteiger partial charge >= 0.3 is 0 Å². The summed E-state index contributed by atoms with van der Waals surface area (Å²) in [6, 6.07) is 13.7. The number of halogens is 1. The van der Waals surface area contributed by atoms with Gasteiger partial charge in [-0.25, -0.2) is 4.39 Å². The molecule has 0 spiro atoms. The maximum atomic E-state index is 13.1. The molecule has 0 aromatic heterocycles. The predicted octanol–water partition coefficient (Wildman–Crippen LogP) is 3.87. The lowest BCUT2D eigenvalue weighted by Crippen LogP contribution is -2.04. The van der Waals surface area contributed by atoms with Crippen molar-refractivity contribution in [2.45, 2.75) is 6.54 Å². The van der Waals surface area contributed by atoms with Gasteiger partial charge in [0.25, 0.3) is 0 Å². The van der Waals surface area contributed by atoms with Gasteiger partial charge in [0, 0.05) is 12.1 Å². The number of ether oxygens (including phenoxy) is 1. The Kier molecular flexibility index (Phi) is 4.94. The number of para-hydroxylation sites is 1. The first-order chi connectivity index (χ1) is 10.2. The van der Waals surface area contributed by atoms with Crippen LogP contribution in [0.3, 0.4) is 0 Å². The van der Waals surface area contributed by atoms with Gasteiger partial charge in [0.2, 0.25) is 0 Å². The second-order valence-electron chi connectivity index (χ2n) is 4.36. The summed E-state index contributed by atoms with van der Waals surface area (Å²) < 4.78 is 18.7. The highest BCUT2D eigenvalue weighted by atomic mass is 19.1. The Morgan fingerprint density at radius 1 is 1.29 bits per heavy atom. The van der Waals surface area contributed by atoms with Crippen molar-refractivity contribution in [2.75, 3.05) is 11.9 Å². The molecule has 0 amide bonds. The van der Waals surface area contributed by atoms with Gasteiger partial charge in [-0.1, -0.05) is 30.9 Å². The molecule has 21 heavy (non-hydrogen) atoms. The van der Waals surface area contributed by atoms with Gasteiger partial charge in [-0.15, -0.1) is 0 Å². The average molecular weight is 282 g/mol. The van der Waals surface area contributed by atoms with Crippen molar-refractivity contribution >= 4 is 5.69 Å². The molecule has 0 atom stereocenters. The van der Waals surface area contributed by atoms with E-state index in [1.54, 1.807) is 12.1 Å². The van der Waals surface area contributed by atoms with E-state index in [1.807, 2.05) is 30.3 Å². The molecule has 0 aliphatic heterocycles. The number of hydrogen-bond donors (Lipinski definition) is 1. The summed E-state index contributed by atoms with van der Waals surface area (Å²) in [5.41, 5.74) is 1.82. The summed E-state index contributed by atoms with van der Waals surface area (Å²) in [6.07, 6.45) is 1.68. The third kappa shape index (κ3) is 3.83. The van der Waals surface area contributed by atoms with Crippen molar-refractivity contribution in [1.82, 2.24) is 0 Å². The monoisotopic (exact) mass is 282 g/mol. The summed E-state index contributed by atoms with van der Waals surface area (Å²) >= 11 is 0. The van der Waals surface area contributed by atoms with Crippen LogP contribution in [0.1, 0.15) is 11.1 Å². The minimum atomic E-state index is -0.424. The molecular formula is C17H15FN2O. The minimum absolute atomic E-state index is 0.277. The summed E-state index contributed by atoms with van der Waals surface area (Å²) in [5.74, 6) is 0.331. The number of nitrogens with one attached hydrogen (secondary N) is 1. The van der Waals surface area contributed by atoms with E-state index in [0.717, 1.165) is 11.3 Å². The topological polar surface area (TPSA) is 45.0 Å². The van der Waals surface area contributed by atoms with Crippen molar-refractivity contribution in [3.63, 3.8) is 0 Å². The van der Waals surface area contributed by atoms with Crippen LogP contribution >= 0.6 is 0 Å². The zero-order valence-electron chi connectivity index (χ0n) is 11.5. The first-order valence-electron chi connectivity index (χ1n) is 6.49. The van der Waals surface area contributed by atoms with Crippen LogP contribution in [0.15, 0.2) is 55.1 Å². The zero-order chi connectivity index (χ0) is 15.1. The molecule has 0 fully saturated rings. The number of hydrogen-bond acceptors (Lipinski definition) is 3. The van der Waals surface area contributed by atoms with Crippen molar-refractivity contribution in [2.24, 2.45) is 0 Å². The molecule has 0 aliphatic carbocycles. The third-order valence-electron chi connectivity index (χ3n) is 2.90. The van der Waals surface area contributed by atoms with Gasteiger partial charge < -0.3 is 10.1 Å². The van der Waals surface area contributed by atoms with Gasteiger partial charge in [-0.3, -0.25) is 0 Å². The quantitative estimate of drug-likeness (QED) is 0.818. The Bertz CT molecular complexity index is 677. The first-order valence-corrected chi connectivity index (χ1v) is 6.49. The molecule has 2 aromatic rings. The van der Waals surface area contributed by atoms with Crippen LogP contribution in [0.2, 0.25) is 0 Å². The SMILES string of the molecule is C=CCOc1ccccc1CNc1ccc(F)cc1C#N.